The van der Waals surface area contributed by atoms with E-state index in [-0.39, 0.29) is 0 Å². The second-order valence-electron chi connectivity index (χ2n) is 5.29. The highest BCUT2D eigenvalue weighted by atomic mass is 16.3. The second-order valence-corrected chi connectivity index (χ2v) is 5.29. The van der Waals surface area contributed by atoms with Crippen molar-refractivity contribution in [1.82, 2.24) is 9.78 Å². The predicted octanol–water partition coefficient (Wildman–Crippen LogP) is 4.18. The molecule has 1 heterocycles. The van der Waals surface area contributed by atoms with Crippen LogP contribution in [-0.4, -0.2) is 14.9 Å². The molecule has 1 aromatic heterocycles. The zero-order valence-electron chi connectivity index (χ0n) is 12.7. The van der Waals surface area contributed by atoms with Gasteiger partial charge in [0.15, 0.2) is 5.75 Å². The van der Waals surface area contributed by atoms with E-state index in [0.29, 0.717) is 5.75 Å². The van der Waals surface area contributed by atoms with Crippen LogP contribution in [-0.2, 0) is 12.8 Å². The number of aromatic hydroxyl groups is 1. The SMILES string of the molecule is CCCCc1nn(-c2ccccc2C)c(CCC)c1O. The van der Waals surface area contributed by atoms with Gasteiger partial charge in [-0.25, -0.2) is 4.68 Å². The van der Waals surface area contributed by atoms with Crippen molar-refractivity contribution >= 4 is 0 Å². The molecular formula is C17H24N2O. The molecule has 2 aromatic rings. The number of nitrogens with zero attached hydrogens (tertiary/aromatic N) is 2. The summed E-state index contributed by atoms with van der Waals surface area (Å²) in [5, 5.41) is 15.1. The van der Waals surface area contributed by atoms with Gasteiger partial charge in [-0.15, -0.1) is 0 Å². The largest absolute Gasteiger partial charge is 0.504 e. The number of aromatic nitrogens is 2. The number of hydrogen-bond acceptors (Lipinski definition) is 2. The molecule has 0 saturated carbocycles. The van der Waals surface area contributed by atoms with Gasteiger partial charge in [0.1, 0.15) is 5.69 Å². The van der Waals surface area contributed by atoms with Gasteiger partial charge in [0, 0.05) is 0 Å². The molecule has 0 saturated heterocycles. The normalized spacial score (nSPS) is 10.9. The number of para-hydroxylation sites is 1. The highest BCUT2D eigenvalue weighted by molar-refractivity contribution is 5.45. The Labute approximate surface area is 121 Å². The minimum absolute atomic E-state index is 0.392. The molecule has 0 aliphatic heterocycles. The molecule has 0 bridgehead atoms. The van der Waals surface area contributed by atoms with E-state index in [4.69, 9.17) is 0 Å². The fourth-order valence-corrected chi connectivity index (χ4v) is 2.47. The highest BCUT2D eigenvalue weighted by Gasteiger charge is 2.17. The number of unbranched alkanes of at least 4 members (excludes halogenated alkanes) is 1. The lowest BCUT2D eigenvalue weighted by Crippen LogP contribution is -2.04. The van der Waals surface area contributed by atoms with Gasteiger partial charge in [-0.3, -0.25) is 0 Å². The van der Waals surface area contributed by atoms with Crippen LogP contribution >= 0.6 is 0 Å². The quantitative estimate of drug-likeness (QED) is 0.856. The van der Waals surface area contributed by atoms with Crippen LogP contribution in [0.4, 0.5) is 0 Å². The van der Waals surface area contributed by atoms with Crippen molar-refractivity contribution < 1.29 is 5.11 Å². The first-order chi connectivity index (χ1) is 9.69. The van der Waals surface area contributed by atoms with Crippen LogP contribution in [0.25, 0.3) is 5.69 Å². The van der Waals surface area contributed by atoms with Crippen LogP contribution in [0.15, 0.2) is 24.3 Å². The fraction of sp³-hybridized carbons (Fsp3) is 0.471. The Morgan fingerprint density at radius 2 is 1.85 bits per heavy atom. The Bertz CT molecular complexity index is 572. The highest BCUT2D eigenvalue weighted by Crippen LogP contribution is 2.28. The van der Waals surface area contributed by atoms with Gasteiger partial charge in [-0.05, 0) is 37.8 Å². The molecule has 1 N–H and O–H groups in total. The Kier molecular flexibility index (Phi) is 4.83. The van der Waals surface area contributed by atoms with E-state index in [2.05, 4.69) is 38.0 Å². The Hall–Kier alpha value is -1.77. The maximum Gasteiger partial charge on any atom is 0.160 e. The molecule has 108 valence electrons. The summed E-state index contributed by atoms with van der Waals surface area (Å²) in [5.74, 6) is 0.392. The van der Waals surface area contributed by atoms with E-state index in [9.17, 15) is 5.11 Å². The van der Waals surface area contributed by atoms with Gasteiger partial charge in [-0.1, -0.05) is 44.9 Å². The van der Waals surface area contributed by atoms with Crippen LogP contribution < -0.4 is 0 Å². The zero-order chi connectivity index (χ0) is 14.5. The van der Waals surface area contributed by atoms with Gasteiger partial charge in [0.05, 0.1) is 11.4 Å². The topological polar surface area (TPSA) is 38.0 Å². The summed E-state index contributed by atoms with van der Waals surface area (Å²) >= 11 is 0. The number of rotatable bonds is 6. The molecule has 3 nitrogen and oxygen atoms in total. The maximum absolute atomic E-state index is 10.4. The average molecular weight is 272 g/mol. The first-order valence-corrected chi connectivity index (χ1v) is 7.54. The third kappa shape index (κ3) is 2.87. The summed E-state index contributed by atoms with van der Waals surface area (Å²) in [6.07, 6.45) is 4.86. The van der Waals surface area contributed by atoms with E-state index in [0.717, 1.165) is 49.2 Å². The summed E-state index contributed by atoms with van der Waals surface area (Å²) in [6.45, 7) is 6.36. The molecule has 0 unspecified atom stereocenters. The summed E-state index contributed by atoms with van der Waals surface area (Å²) in [5.41, 5.74) is 4.01. The van der Waals surface area contributed by atoms with Crippen molar-refractivity contribution in [3.63, 3.8) is 0 Å². The van der Waals surface area contributed by atoms with Gasteiger partial charge in [0.2, 0.25) is 0 Å². The van der Waals surface area contributed by atoms with Crippen molar-refractivity contribution in [3.05, 3.63) is 41.2 Å². The number of hydrogen-bond donors (Lipinski definition) is 1. The predicted molar refractivity (Wildman–Crippen MR) is 82.6 cm³/mol. The van der Waals surface area contributed by atoms with Crippen molar-refractivity contribution in [2.75, 3.05) is 0 Å². The second kappa shape index (κ2) is 6.60. The maximum atomic E-state index is 10.4. The molecule has 0 fully saturated rings. The summed E-state index contributed by atoms with van der Waals surface area (Å²) < 4.78 is 1.93. The Morgan fingerprint density at radius 1 is 1.10 bits per heavy atom. The van der Waals surface area contributed by atoms with Gasteiger partial charge >= 0.3 is 0 Å². The van der Waals surface area contributed by atoms with Crippen molar-refractivity contribution in [1.29, 1.82) is 0 Å². The summed E-state index contributed by atoms with van der Waals surface area (Å²) in [6, 6.07) is 8.18. The molecule has 2 rings (SSSR count). The molecular weight excluding hydrogens is 248 g/mol. The fourth-order valence-electron chi connectivity index (χ4n) is 2.47. The van der Waals surface area contributed by atoms with Crippen LogP contribution in [0, 0.1) is 6.92 Å². The van der Waals surface area contributed by atoms with Gasteiger partial charge in [0.25, 0.3) is 0 Å². The van der Waals surface area contributed by atoms with Crippen molar-refractivity contribution in [2.45, 2.75) is 52.9 Å². The molecule has 0 spiro atoms. The lowest BCUT2D eigenvalue weighted by Gasteiger charge is -2.09. The Balaban J connectivity index is 2.48. The first-order valence-electron chi connectivity index (χ1n) is 7.54. The smallest absolute Gasteiger partial charge is 0.160 e. The van der Waals surface area contributed by atoms with E-state index in [1.54, 1.807) is 0 Å². The molecule has 20 heavy (non-hydrogen) atoms. The molecule has 0 aliphatic carbocycles. The average Bonchev–Trinajstić information content (AvgIpc) is 2.75. The summed E-state index contributed by atoms with van der Waals surface area (Å²) in [4.78, 5) is 0. The van der Waals surface area contributed by atoms with Crippen molar-refractivity contribution in [3.8, 4) is 11.4 Å². The first kappa shape index (κ1) is 14.6. The molecule has 0 radical (unpaired) electrons. The molecule has 3 heteroatoms. The molecule has 0 amide bonds. The standard InChI is InChI=1S/C17H24N2O/c1-4-6-11-14-17(20)16(9-5-2)19(18-14)15-12-8-7-10-13(15)3/h7-8,10,12,20H,4-6,9,11H2,1-3H3. The number of aryl methyl sites for hydroxylation is 2. The molecule has 0 atom stereocenters. The van der Waals surface area contributed by atoms with Gasteiger partial charge in [-0.2, -0.15) is 5.10 Å². The monoisotopic (exact) mass is 272 g/mol. The van der Waals surface area contributed by atoms with Crippen molar-refractivity contribution in [2.24, 2.45) is 0 Å². The lowest BCUT2D eigenvalue weighted by molar-refractivity contribution is 0.459. The van der Waals surface area contributed by atoms with E-state index in [1.165, 1.54) is 5.56 Å². The number of benzene rings is 1. The van der Waals surface area contributed by atoms with E-state index >= 15 is 0 Å². The lowest BCUT2D eigenvalue weighted by atomic mass is 10.1. The third-order valence-corrected chi connectivity index (χ3v) is 3.62. The van der Waals surface area contributed by atoms with Crippen LogP contribution in [0.2, 0.25) is 0 Å². The minimum atomic E-state index is 0.392. The molecule has 1 aromatic carbocycles. The zero-order valence-corrected chi connectivity index (χ0v) is 12.7. The van der Waals surface area contributed by atoms with Crippen LogP contribution in [0.5, 0.6) is 5.75 Å². The van der Waals surface area contributed by atoms with Crippen LogP contribution in [0.3, 0.4) is 0 Å². The Morgan fingerprint density at radius 3 is 2.50 bits per heavy atom. The van der Waals surface area contributed by atoms with E-state index in [1.807, 2.05) is 16.8 Å². The van der Waals surface area contributed by atoms with Crippen LogP contribution in [0.1, 0.15) is 50.1 Å². The molecule has 0 aliphatic rings. The van der Waals surface area contributed by atoms with E-state index < -0.39 is 0 Å². The third-order valence-electron chi connectivity index (χ3n) is 3.62. The summed E-state index contributed by atoms with van der Waals surface area (Å²) in [7, 11) is 0. The minimum Gasteiger partial charge on any atom is -0.504 e. The van der Waals surface area contributed by atoms with Gasteiger partial charge < -0.3 is 5.11 Å².